The number of nitrogens with zero attached hydrogens (tertiary/aromatic N) is 1. The average Bonchev–Trinajstić information content (AvgIpc) is 3.15. The van der Waals surface area contributed by atoms with Crippen molar-refractivity contribution in [2.45, 2.75) is 25.4 Å². The lowest BCUT2D eigenvalue weighted by Crippen LogP contribution is -2.33. The Morgan fingerprint density at radius 1 is 1.40 bits per heavy atom. The van der Waals surface area contributed by atoms with Crippen LogP contribution >= 0.6 is 22.9 Å². The van der Waals surface area contributed by atoms with Crippen LogP contribution in [0.3, 0.4) is 0 Å². The minimum atomic E-state index is -0.518. The molecule has 0 unspecified atom stereocenters. The normalized spacial score (nSPS) is 14.3. The first-order valence-corrected chi connectivity index (χ1v) is 7.74. The van der Waals surface area contributed by atoms with E-state index in [0.717, 1.165) is 18.4 Å². The van der Waals surface area contributed by atoms with Crippen molar-refractivity contribution in [3.63, 3.8) is 0 Å². The SMILES string of the molecule is O=C(c1cc(Cl)ccc1F)N(Cc1ccsc1)C1CC1. The zero-order chi connectivity index (χ0) is 14.1. The lowest BCUT2D eigenvalue weighted by molar-refractivity contribution is 0.0725. The van der Waals surface area contributed by atoms with E-state index in [1.807, 2.05) is 16.8 Å². The molecule has 0 saturated heterocycles. The first-order valence-electron chi connectivity index (χ1n) is 6.42. The lowest BCUT2D eigenvalue weighted by Gasteiger charge is -2.22. The number of rotatable bonds is 4. The number of carbonyl (C=O) groups is 1. The van der Waals surface area contributed by atoms with Crippen molar-refractivity contribution < 1.29 is 9.18 Å². The smallest absolute Gasteiger partial charge is 0.257 e. The Labute approximate surface area is 125 Å². The fourth-order valence-corrected chi connectivity index (χ4v) is 2.98. The van der Waals surface area contributed by atoms with Gasteiger partial charge in [0.1, 0.15) is 5.82 Å². The Balaban J connectivity index is 1.87. The summed E-state index contributed by atoms with van der Waals surface area (Å²) >= 11 is 7.46. The van der Waals surface area contributed by atoms with Gasteiger partial charge < -0.3 is 4.90 Å². The molecule has 20 heavy (non-hydrogen) atoms. The summed E-state index contributed by atoms with van der Waals surface area (Å²) in [6, 6.07) is 6.31. The van der Waals surface area contributed by atoms with Crippen LogP contribution in [0.1, 0.15) is 28.8 Å². The van der Waals surface area contributed by atoms with Gasteiger partial charge in [0.2, 0.25) is 0 Å². The van der Waals surface area contributed by atoms with Crippen LogP contribution in [0.25, 0.3) is 0 Å². The third-order valence-electron chi connectivity index (χ3n) is 3.34. The highest BCUT2D eigenvalue weighted by Crippen LogP contribution is 2.31. The van der Waals surface area contributed by atoms with Gasteiger partial charge in [-0.05, 0) is 53.4 Å². The Hall–Kier alpha value is -1.39. The van der Waals surface area contributed by atoms with Crippen LogP contribution in [-0.2, 0) is 6.54 Å². The van der Waals surface area contributed by atoms with Gasteiger partial charge in [0, 0.05) is 17.6 Å². The van der Waals surface area contributed by atoms with Gasteiger partial charge in [-0.15, -0.1) is 0 Å². The molecule has 3 rings (SSSR count). The number of thiophene rings is 1. The summed E-state index contributed by atoms with van der Waals surface area (Å²) in [4.78, 5) is 14.3. The van der Waals surface area contributed by atoms with E-state index in [4.69, 9.17) is 11.6 Å². The molecular formula is C15H13ClFNOS. The maximum Gasteiger partial charge on any atom is 0.257 e. The van der Waals surface area contributed by atoms with E-state index in [1.165, 1.54) is 18.2 Å². The topological polar surface area (TPSA) is 20.3 Å². The van der Waals surface area contributed by atoms with Crippen molar-refractivity contribution in [2.24, 2.45) is 0 Å². The fraction of sp³-hybridized carbons (Fsp3) is 0.267. The molecule has 2 aromatic rings. The summed E-state index contributed by atoms with van der Waals surface area (Å²) < 4.78 is 13.8. The maximum absolute atomic E-state index is 13.8. The van der Waals surface area contributed by atoms with Crippen LogP contribution < -0.4 is 0 Å². The molecule has 1 amide bonds. The summed E-state index contributed by atoms with van der Waals surface area (Å²) in [5.41, 5.74) is 1.14. The standard InChI is InChI=1S/C15H13ClFNOS/c16-11-1-4-14(17)13(7-11)15(19)18(12-2-3-12)8-10-5-6-20-9-10/h1,4-7,9,12H,2-3,8H2. The fourth-order valence-electron chi connectivity index (χ4n) is 2.15. The molecule has 5 heteroatoms. The quantitative estimate of drug-likeness (QED) is 0.822. The van der Waals surface area contributed by atoms with Crippen molar-refractivity contribution >= 4 is 28.8 Å². The van der Waals surface area contributed by atoms with E-state index in [0.29, 0.717) is 11.6 Å². The lowest BCUT2D eigenvalue weighted by atomic mass is 10.1. The molecule has 1 aromatic heterocycles. The minimum absolute atomic E-state index is 0.0552. The van der Waals surface area contributed by atoms with Crippen molar-refractivity contribution in [3.8, 4) is 0 Å². The first-order chi connectivity index (χ1) is 9.65. The molecule has 1 aliphatic rings. The molecule has 1 heterocycles. The van der Waals surface area contributed by atoms with Gasteiger partial charge in [-0.3, -0.25) is 4.79 Å². The van der Waals surface area contributed by atoms with Gasteiger partial charge in [-0.2, -0.15) is 11.3 Å². The summed E-state index contributed by atoms with van der Waals surface area (Å²) in [5.74, 6) is -0.797. The summed E-state index contributed by atoms with van der Waals surface area (Å²) in [6.45, 7) is 0.527. The van der Waals surface area contributed by atoms with E-state index in [1.54, 1.807) is 16.2 Å². The number of halogens is 2. The predicted molar refractivity (Wildman–Crippen MR) is 78.6 cm³/mol. The van der Waals surface area contributed by atoms with E-state index >= 15 is 0 Å². The molecule has 0 radical (unpaired) electrons. The molecule has 0 N–H and O–H groups in total. The second-order valence-electron chi connectivity index (χ2n) is 4.92. The van der Waals surface area contributed by atoms with E-state index in [-0.39, 0.29) is 17.5 Å². The third kappa shape index (κ3) is 2.86. The van der Waals surface area contributed by atoms with Gasteiger partial charge >= 0.3 is 0 Å². The van der Waals surface area contributed by atoms with Crippen molar-refractivity contribution in [1.82, 2.24) is 4.90 Å². The number of hydrogen-bond donors (Lipinski definition) is 0. The molecule has 104 valence electrons. The summed E-state index contributed by atoms with van der Waals surface area (Å²) in [7, 11) is 0. The van der Waals surface area contributed by atoms with E-state index in [9.17, 15) is 9.18 Å². The molecule has 1 saturated carbocycles. The van der Waals surface area contributed by atoms with Crippen LogP contribution in [0.5, 0.6) is 0 Å². The Morgan fingerprint density at radius 2 is 2.20 bits per heavy atom. The van der Waals surface area contributed by atoms with E-state index < -0.39 is 5.82 Å². The first kappa shape index (κ1) is 13.6. The number of carbonyl (C=O) groups excluding carboxylic acids is 1. The Kier molecular flexibility index (Phi) is 3.76. The molecule has 0 spiro atoms. The number of amides is 1. The molecule has 1 fully saturated rings. The monoisotopic (exact) mass is 309 g/mol. The van der Waals surface area contributed by atoms with Crippen molar-refractivity contribution in [2.75, 3.05) is 0 Å². The largest absolute Gasteiger partial charge is 0.331 e. The molecule has 0 bridgehead atoms. The Bertz CT molecular complexity index is 625. The van der Waals surface area contributed by atoms with Crippen molar-refractivity contribution in [3.05, 3.63) is 57.0 Å². The molecule has 0 atom stereocenters. The van der Waals surface area contributed by atoms with Crippen LogP contribution in [-0.4, -0.2) is 16.8 Å². The van der Waals surface area contributed by atoms with Gasteiger partial charge in [0.15, 0.2) is 0 Å². The van der Waals surface area contributed by atoms with Crippen LogP contribution in [0.2, 0.25) is 5.02 Å². The molecular weight excluding hydrogens is 297 g/mol. The van der Waals surface area contributed by atoms with Gasteiger partial charge in [-0.25, -0.2) is 4.39 Å². The highest BCUT2D eigenvalue weighted by Gasteiger charge is 2.34. The predicted octanol–water partition coefficient (Wildman–Crippen LogP) is 4.35. The van der Waals surface area contributed by atoms with Crippen LogP contribution in [0.15, 0.2) is 35.0 Å². The third-order valence-corrected chi connectivity index (χ3v) is 4.31. The highest BCUT2D eigenvalue weighted by molar-refractivity contribution is 7.07. The van der Waals surface area contributed by atoms with Gasteiger partial charge in [0.25, 0.3) is 5.91 Å². The van der Waals surface area contributed by atoms with Crippen LogP contribution in [0, 0.1) is 5.82 Å². The molecule has 0 aliphatic heterocycles. The maximum atomic E-state index is 13.8. The second-order valence-corrected chi connectivity index (χ2v) is 6.14. The zero-order valence-electron chi connectivity index (χ0n) is 10.7. The molecule has 2 nitrogen and oxygen atoms in total. The van der Waals surface area contributed by atoms with Gasteiger partial charge in [0.05, 0.1) is 5.56 Å². The summed E-state index contributed by atoms with van der Waals surface area (Å²) in [5, 5.41) is 4.36. The summed E-state index contributed by atoms with van der Waals surface area (Å²) in [6.07, 6.45) is 1.97. The highest BCUT2D eigenvalue weighted by atomic mass is 35.5. The number of hydrogen-bond acceptors (Lipinski definition) is 2. The van der Waals surface area contributed by atoms with Crippen molar-refractivity contribution in [1.29, 1.82) is 0 Å². The van der Waals surface area contributed by atoms with E-state index in [2.05, 4.69) is 0 Å². The average molecular weight is 310 g/mol. The Morgan fingerprint density at radius 3 is 2.85 bits per heavy atom. The number of benzene rings is 1. The zero-order valence-corrected chi connectivity index (χ0v) is 12.3. The minimum Gasteiger partial charge on any atom is -0.331 e. The molecule has 1 aliphatic carbocycles. The van der Waals surface area contributed by atoms with Crippen LogP contribution in [0.4, 0.5) is 4.39 Å². The molecule has 1 aromatic carbocycles. The van der Waals surface area contributed by atoms with Gasteiger partial charge in [-0.1, -0.05) is 11.6 Å². The second kappa shape index (κ2) is 5.54.